The van der Waals surface area contributed by atoms with Gasteiger partial charge in [0.2, 0.25) is 10.0 Å². The largest absolute Gasteiger partial charge is 0.336 e. The summed E-state index contributed by atoms with van der Waals surface area (Å²) in [5.41, 5.74) is 0.451. The topological polar surface area (TPSA) is 57.7 Å². The zero-order chi connectivity index (χ0) is 19.8. The second-order valence-electron chi connectivity index (χ2n) is 5.88. The smallest absolute Gasteiger partial charge is 0.253 e. The fourth-order valence-electron chi connectivity index (χ4n) is 2.78. The summed E-state index contributed by atoms with van der Waals surface area (Å²) in [6, 6.07) is 8.05. The van der Waals surface area contributed by atoms with Gasteiger partial charge in [-0.2, -0.15) is 4.31 Å². The molecule has 0 saturated carbocycles. The van der Waals surface area contributed by atoms with Gasteiger partial charge in [0.05, 0.1) is 0 Å². The van der Waals surface area contributed by atoms with Crippen molar-refractivity contribution in [2.75, 3.05) is 26.2 Å². The molecule has 0 atom stereocenters. The highest BCUT2D eigenvalue weighted by Crippen LogP contribution is 2.24. The van der Waals surface area contributed by atoms with Crippen molar-refractivity contribution in [2.24, 2.45) is 0 Å². The van der Waals surface area contributed by atoms with Gasteiger partial charge in [0, 0.05) is 36.2 Å². The molecule has 0 spiro atoms. The highest BCUT2D eigenvalue weighted by Gasteiger charge is 2.33. The second-order valence-corrected chi connectivity index (χ2v) is 8.70. The summed E-state index contributed by atoms with van der Waals surface area (Å²) in [6.07, 6.45) is 0. The number of nitrogens with zero attached hydrogens (tertiary/aromatic N) is 2. The SMILES string of the molecule is O=C(c1cccc(Br)c1)N1CCN(S(=O)(=O)c2ccc(F)c(F)c2F)CC1. The van der Waals surface area contributed by atoms with E-state index in [2.05, 4.69) is 15.9 Å². The van der Waals surface area contributed by atoms with Crippen LogP contribution < -0.4 is 0 Å². The van der Waals surface area contributed by atoms with E-state index < -0.39 is 32.4 Å². The molecule has 27 heavy (non-hydrogen) atoms. The van der Waals surface area contributed by atoms with Gasteiger partial charge in [-0.1, -0.05) is 22.0 Å². The summed E-state index contributed by atoms with van der Waals surface area (Å²) in [6.45, 7) is 0.0206. The Morgan fingerprint density at radius 2 is 1.63 bits per heavy atom. The lowest BCUT2D eigenvalue weighted by Crippen LogP contribution is -2.50. The average molecular weight is 463 g/mol. The predicted molar refractivity (Wildman–Crippen MR) is 95.1 cm³/mol. The number of hydrogen-bond donors (Lipinski definition) is 0. The standard InChI is InChI=1S/C17H14BrF3N2O3S/c18-12-3-1-2-11(10-12)17(24)22-6-8-23(9-7-22)27(25,26)14-5-4-13(19)15(20)16(14)21/h1-5,10H,6-9H2. The quantitative estimate of drug-likeness (QED) is 0.658. The molecule has 2 aromatic rings. The molecule has 0 unspecified atom stereocenters. The summed E-state index contributed by atoms with van der Waals surface area (Å²) in [5, 5.41) is 0. The molecule has 1 fully saturated rings. The van der Waals surface area contributed by atoms with Crippen molar-refractivity contribution in [3.63, 3.8) is 0 Å². The number of rotatable bonds is 3. The number of carbonyl (C=O) groups excluding carboxylic acids is 1. The first-order valence-electron chi connectivity index (χ1n) is 7.90. The van der Waals surface area contributed by atoms with Crippen molar-refractivity contribution in [2.45, 2.75) is 4.90 Å². The molecule has 2 aromatic carbocycles. The van der Waals surface area contributed by atoms with Gasteiger partial charge >= 0.3 is 0 Å². The van der Waals surface area contributed by atoms with Crippen molar-refractivity contribution >= 4 is 31.9 Å². The summed E-state index contributed by atoms with van der Waals surface area (Å²) < 4.78 is 67.1. The average Bonchev–Trinajstić information content (AvgIpc) is 2.65. The Morgan fingerprint density at radius 3 is 2.26 bits per heavy atom. The maximum atomic E-state index is 13.9. The lowest BCUT2D eigenvalue weighted by Gasteiger charge is -2.34. The van der Waals surface area contributed by atoms with Gasteiger partial charge in [-0.3, -0.25) is 4.79 Å². The molecule has 3 rings (SSSR count). The molecular weight excluding hydrogens is 449 g/mol. The lowest BCUT2D eigenvalue weighted by atomic mass is 10.2. The summed E-state index contributed by atoms with van der Waals surface area (Å²) in [7, 11) is -4.35. The van der Waals surface area contributed by atoms with E-state index in [9.17, 15) is 26.4 Å². The van der Waals surface area contributed by atoms with Crippen molar-refractivity contribution in [1.82, 2.24) is 9.21 Å². The Hall–Kier alpha value is -1.91. The van der Waals surface area contributed by atoms with Crippen LogP contribution in [0.2, 0.25) is 0 Å². The molecular formula is C17H14BrF3N2O3S. The van der Waals surface area contributed by atoms with Crippen molar-refractivity contribution < 1.29 is 26.4 Å². The number of benzene rings is 2. The van der Waals surface area contributed by atoms with Crippen LogP contribution in [0.25, 0.3) is 0 Å². The van der Waals surface area contributed by atoms with Crippen LogP contribution >= 0.6 is 15.9 Å². The summed E-state index contributed by atoms with van der Waals surface area (Å²) in [5.74, 6) is -5.30. The van der Waals surface area contributed by atoms with Gasteiger partial charge in [0.25, 0.3) is 5.91 Å². The number of piperazine rings is 1. The van der Waals surface area contributed by atoms with E-state index >= 15 is 0 Å². The number of sulfonamides is 1. The molecule has 0 radical (unpaired) electrons. The van der Waals surface area contributed by atoms with Crippen LogP contribution in [-0.2, 0) is 10.0 Å². The van der Waals surface area contributed by atoms with Gasteiger partial charge < -0.3 is 4.90 Å². The highest BCUT2D eigenvalue weighted by atomic mass is 79.9. The van der Waals surface area contributed by atoms with Crippen LogP contribution in [0.5, 0.6) is 0 Å². The molecule has 1 aliphatic heterocycles. The maximum absolute atomic E-state index is 13.9. The fourth-order valence-corrected chi connectivity index (χ4v) is 4.66. The summed E-state index contributed by atoms with van der Waals surface area (Å²) >= 11 is 3.28. The van der Waals surface area contributed by atoms with E-state index in [4.69, 9.17) is 0 Å². The van der Waals surface area contributed by atoms with Crippen LogP contribution in [0.4, 0.5) is 13.2 Å². The molecule has 0 aliphatic carbocycles. The molecule has 1 saturated heterocycles. The Kier molecular flexibility index (Phi) is 5.59. The van der Waals surface area contributed by atoms with Gasteiger partial charge in [-0.25, -0.2) is 21.6 Å². The number of hydrogen-bond acceptors (Lipinski definition) is 3. The zero-order valence-corrected chi connectivity index (χ0v) is 16.2. The van der Waals surface area contributed by atoms with E-state index in [1.807, 2.05) is 0 Å². The minimum atomic E-state index is -4.35. The Balaban J connectivity index is 1.75. The normalized spacial score (nSPS) is 15.8. The molecule has 1 aliphatic rings. The minimum Gasteiger partial charge on any atom is -0.336 e. The molecule has 1 heterocycles. The first-order valence-corrected chi connectivity index (χ1v) is 10.1. The van der Waals surface area contributed by atoms with Gasteiger partial charge in [-0.15, -0.1) is 0 Å². The van der Waals surface area contributed by atoms with E-state index in [1.165, 1.54) is 4.90 Å². The maximum Gasteiger partial charge on any atom is 0.253 e. The number of amides is 1. The van der Waals surface area contributed by atoms with Gasteiger partial charge in [0.1, 0.15) is 4.90 Å². The predicted octanol–water partition coefficient (Wildman–Crippen LogP) is 3.01. The third kappa shape index (κ3) is 3.87. The Labute approximate surface area is 162 Å². The van der Waals surface area contributed by atoms with Gasteiger partial charge in [0.15, 0.2) is 17.5 Å². The van der Waals surface area contributed by atoms with Crippen molar-refractivity contribution in [3.05, 3.63) is 63.9 Å². The van der Waals surface area contributed by atoms with Gasteiger partial charge in [-0.05, 0) is 30.3 Å². The molecule has 1 amide bonds. The third-order valence-electron chi connectivity index (χ3n) is 4.21. The Bertz CT molecular complexity index is 993. The first-order chi connectivity index (χ1) is 12.7. The van der Waals surface area contributed by atoms with E-state index in [1.54, 1.807) is 24.3 Å². The molecule has 10 heteroatoms. The fraction of sp³-hybridized carbons (Fsp3) is 0.235. The number of carbonyl (C=O) groups is 1. The molecule has 0 aromatic heterocycles. The Morgan fingerprint density at radius 1 is 0.963 bits per heavy atom. The van der Waals surface area contributed by atoms with E-state index in [0.29, 0.717) is 17.7 Å². The first kappa shape index (κ1) is 19.8. The molecule has 0 N–H and O–H groups in total. The molecule has 144 valence electrons. The van der Waals surface area contributed by atoms with E-state index in [0.717, 1.165) is 8.78 Å². The van der Waals surface area contributed by atoms with Crippen molar-refractivity contribution in [3.8, 4) is 0 Å². The second kappa shape index (κ2) is 7.61. The van der Waals surface area contributed by atoms with Crippen LogP contribution in [0.1, 0.15) is 10.4 Å². The van der Waals surface area contributed by atoms with E-state index in [-0.39, 0.29) is 32.1 Å². The minimum absolute atomic E-state index is 0.0828. The number of halogens is 4. The monoisotopic (exact) mass is 462 g/mol. The zero-order valence-electron chi connectivity index (χ0n) is 13.8. The molecule has 0 bridgehead atoms. The highest BCUT2D eigenvalue weighted by molar-refractivity contribution is 9.10. The van der Waals surface area contributed by atoms with Crippen LogP contribution in [-0.4, -0.2) is 49.7 Å². The lowest BCUT2D eigenvalue weighted by molar-refractivity contribution is 0.0697. The van der Waals surface area contributed by atoms with Crippen LogP contribution in [0, 0.1) is 17.5 Å². The summed E-state index contributed by atoms with van der Waals surface area (Å²) in [4.78, 5) is 13.1. The van der Waals surface area contributed by atoms with Crippen LogP contribution in [0.15, 0.2) is 45.8 Å². The van der Waals surface area contributed by atoms with Crippen molar-refractivity contribution in [1.29, 1.82) is 0 Å². The third-order valence-corrected chi connectivity index (χ3v) is 6.62. The van der Waals surface area contributed by atoms with Crippen LogP contribution in [0.3, 0.4) is 0 Å². The molecule has 5 nitrogen and oxygen atoms in total.